The number of nitrogens with zero attached hydrogens (tertiary/aromatic N) is 3. The van der Waals surface area contributed by atoms with E-state index in [0.717, 1.165) is 17.3 Å². The minimum Gasteiger partial charge on any atom is -0.453 e. The highest BCUT2D eigenvalue weighted by atomic mass is 28.4. The molecular formula is C24H41N3O4Si. The lowest BCUT2D eigenvalue weighted by Gasteiger charge is -2.36. The number of aryl methyl sites for hydroxylation is 1. The van der Waals surface area contributed by atoms with E-state index in [1.807, 2.05) is 49.7 Å². The van der Waals surface area contributed by atoms with Crippen molar-refractivity contribution in [3.8, 4) is 0 Å². The Morgan fingerprint density at radius 2 is 1.81 bits per heavy atom. The number of benzene rings is 1. The maximum atomic E-state index is 12.4. The van der Waals surface area contributed by atoms with Crippen molar-refractivity contribution >= 4 is 25.3 Å². The third-order valence-corrected chi connectivity index (χ3v) is 10.9. The van der Waals surface area contributed by atoms with Crippen molar-refractivity contribution in [2.75, 3.05) is 20.3 Å². The summed E-state index contributed by atoms with van der Waals surface area (Å²) in [4.78, 5) is 13.9. The minimum atomic E-state index is -1.81. The molecule has 0 saturated heterocycles. The predicted octanol–water partition coefficient (Wildman–Crippen LogP) is 5.35. The molecule has 1 atom stereocenters. The molecule has 0 radical (unpaired) electrons. The number of amides is 1. The number of rotatable bonds is 8. The van der Waals surface area contributed by atoms with Crippen LogP contribution in [0.2, 0.25) is 18.1 Å². The van der Waals surface area contributed by atoms with Gasteiger partial charge in [-0.15, -0.1) is 0 Å². The summed E-state index contributed by atoms with van der Waals surface area (Å²) >= 11 is 0. The lowest BCUT2D eigenvalue weighted by atomic mass is 10.0. The van der Waals surface area contributed by atoms with Gasteiger partial charge >= 0.3 is 6.09 Å². The van der Waals surface area contributed by atoms with Gasteiger partial charge in [-0.3, -0.25) is 4.68 Å². The fourth-order valence-corrected chi connectivity index (χ4v) is 4.46. The molecule has 0 fully saturated rings. The lowest BCUT2D eigenvalue weighted by Crippen LogP contribution is -2.47. The number of hydrogen-bond donors (Lipinski definition) is 1. The van der Waals surface area contributed by atoms with E-state index in [2.05, 4.69) is 33.9 Å². The summed E-state index contributed by atoms with van der Waals surface area (Å²) in [5.74, 6) is 0. The third-order valence-electron chi connectivity index (χ3n) is 6.35. The Morgan fingerprint density at radius 3 is 2.38 bits per heavy atom. The van der Waals surface area contributed by atoms with E-state index < -0.39 is 26.1 Å². The maximum Gasteiger partial charge on any atom is 0.410 e. The topological polar surface area (TPSA) is 76.8 Å². The first-order valence-electron chi connectivity index (χ1n) is 11.3. The number of aromatic nitrogens is 2. The smallest absolute Gasteiger partial charge is 0.410 e. The molecule has 7 nitrogen and oxygen atoms in total. The summed E-state index contributed by atoms with van der Waals surface area (Å²) < 4.78 is 13.1. The van der Waals surface area contributed by atoms with Gasteiger partial charge in [-0.25, -0.2) is 4.79 Å². The lowest BCUT2D eigenvalue weighted by molar-refractivity contribution is 0.0437. The molecule has 1 amide bonds. The van der Waals surface area contributed by atoms with Gasteiger partial charge in [0.2, 0.25) is 0 Å². The van der Waals surface area contributed by atoms with Crippen LogP contribution in [0, 0.1) is 0 Å². The molecular weight excluding hydrogens is 422 g/mol. The largest absolute Gasteiger partial charge is 0.453 e. The number of carbonyl (C=O) groups is 1. The number of aliphatic hydroxyl groups excluding tert-OH is 1. The summed E-state index contributed by atoms with van der Waals surface area (Å²) in [5, 5.41) is 17.0. The summed E-state index contributed by atoms with van der Waals surface area (Å²) in [5.41, 5.74) is 1.05. The van der Waals surface area contributed by atoms with Crippen LogP contribution in [0.3, 0.4) is 0 Å². The summed E-state index contributed by atoms with van der Waals surface area (Å²) in [6.07, 6.45) is -0.572. The van der Waals surface area contributed by atoms with Gasteiger partial charge in [0.15, 0.2) is 8.32 Å². The van der Waals surface area contributed by atoms with Crippen LogP contribution in [-0.2, 0) is 15.7 Å². The molecule has 0 aliphatic heterocycles. The van der Waals surface area contributed by atoms with Gasteiger partial charge in [-0.2, -0.15) is 5.10 Å². The van der Waals surface area contributed by atoms with Gasteiger partial charge in [0.25, 0.3) is 0 Å². The summed E-state index contributed by atoms with van der Waals surface area (Å²) in [6, 6.07) is 7.78. The van der Waals surface area contributed by atoms with Crippen LogP contribution in [0.5, 0.6) is 0 Å². The number of fused-ring (bicyclic) bond motifs is 1. The Balaban J connectivity index is 2.24. The van der Waals surface area contributed by atoms with Crippen molar-refractivity contribution in [1.82, 2.24) is 14.7 Å². The third kappa shape index (κ3) is 6.11. The van der Waals surface area contributed by atoms with Gasteiger partial charge in [0.05, 0.1) is 24.9 Å². The molecule has 0 saturated carbocycles. The maximum absolute atomic E-state index is 12.4. The summed E-state index contributed by atoms with van der Waals surface area (Å²) in [6.45, 7) is 18.4. The van der Waals surface area contributed by atoms with E-state index in [1.165, 1.54) is 7.11 Å². The molecule has 1 N–H and O–H groups in total. The van der Waals surface area contributed by atoms with Gasteiger partial charge < -0.3 is 19.2 Å². The van der Waals surface area contributed by atoms with Crippen molar-refractivity contribution in [3.05, 3.63) is 30.0 Å². The second-order valence-electron chi connectivity index (χ2n) is 10.9. The van der Waals surface area contributed by atoms with Crippen molar-refractivity contribution in [3.63, 3.8) is 0 Å². The van der Waals surface area contributed by atoms with E-state index in [4.69, 9.17) is 14.3 Å². The first kappa shape index (κ1) is 26.4. The average molecular weight is 464 g/mol. The monoisotopic (exact) mass is 463 g/mol. The molecule has 0 aliphatic carbocycles. The van der Waals surface area contributed by atoms with Crippen LogP contribution in [0.4, 0.5) is 4.79 Å². The number of methoxy groups -OCH3 is 1. The Morgan fingerprint density at radius 1 is 1.19 bits per heavy atom. The molecule has 8 heteroatoms. The quantitative estimate of drug-likeness (QED) is 0.422. The van der Waals surface area contributed by atoms with E-state index in [-0.39, 0.29) is 11.6 Å². The summed E-state index contributed by atoms with van der Waals surface area (Å²) in [7, 11) is -0.450. The molecule has 0 aliphatic rings. The Labute approximate surface area is 193 Å². The van der Waals surface area contributed by atoms with Crippen LogP contribution in [0.1, 0.15) is 59.8 Å². The molecule has 2 rings (SSSR count). The standard InChI is InChI=1S/C24H41N3O4Si/c1-23(2,3)26(22(29)30-7)17-20(28)21-18-13-10-11-14-19(18)25-27(21)15-12-16-31-32(8,9)24(4,5)6/h10-11,13-14,20,28H,12,15-17H2,1-9H3. The number of aliphatic hydroxyl groups is 1. The molecule has 0 bridgehead atoms. The zero-order chi connectivity index (χ0) is 24.3. The molecule has 1 unspecified atom stereocenters. The highest BCUT2D eigenvalue weighted by Gasteiger charge is 2.37. The van der Waals surface area contributed by atoms with Gasteiger partial charge in [-0.05, 0) is 51.4 Å². The van der Waals surface area contributed by atoms with E-state index in [1.54, 1.807) is 4.90 Å². The van der Waals surface area contributed by atoms with Crippen molar-refractivity contribution in [1.29, 1.82) is 0 Å². The predicted molar refractivity (Wildman–Crippen MR) is 131 cm³/mol. The zero-order valence-corrected chi connectivity index (χ0v) is 22.2. The molecule has 0 spiro atoms. The van der Waals surface area contributed by atoms with E-state index in [9.17, 15) is 9.90 Å². The van der Waals surface area contributed by atoms with Crippen molar-refractivity contribution in [2.24, 2.45) is 0 Å². The van der Waals surface area contributed by atoms with Crippen LogP contribution < -0.4 is 0 Å². The number of ether oxygens (including phenoxy) is 1. The second kappa shape index (κ2) is 9.93. The SMILES string of the molecule is COC(=O)N(CC(O)c1c2ccccc2nn1CCCO[Si](C)(C)C(C)(C)C)C(C)(C)C. The molecule has 1 heterocycles. The van der Waals surface area contributed by atoms with Crippen LogP contribution in [0.15, 0.2) is 24.3 Å². The molecule has 1 aromatic carbocycles. The minimum absolute atomic E-state index is 0.117. The number of carbonyl (C=O) groups excluding carboxylic acids is 1. The second-order valence-corrected chi connectivity index (χ2v) is 15.7. The van der Waals surface area contributed by atoms with Gasteiger partial charge in [-0.1, -0.05) is 39.0 Å². The van der Waals surface area contributed by atoms with Crippen LogP contribution in [0.25, 0.3) is 10.9 Å². The highest BCUT2D eigenvalue weighted by Crippen LogP contribution is 2.36. The first-order chi connectivity index (χ1) is 14.7. The normalized spacial score (nSPS) is 13.9. The molecule has 2 aromatic rings. The fraction of sp³-hybridized carbons (Fsp3) is 0.667. The number of hydrogen-bond acceptors (Lipinski definition) is 5. The van der Waals surface area contributed by atoms with E-state index in [0.29, 0.717) is 18.8 Å². The van der Waals surface area contributed by atoms with Crippen LogP contribution >= 0.6 is 0 Å². The molecule has 180 valence electrons. The zero-order valence-electron chi connectivity index (χ0n) is 21.2. The fourth-order valence-electron chi connectivity index (χ4n) is 3.37. The highest BCUT2D eigenvalue weighted by molar-refractivity contribution is 6.74. The number of β-amino-alcohol motifs (C(OH)–C–C–N with tert-alkyl or cyclic N) is 1. The van der Waals surface area contributed by atoms with Gasteiger partial charge in [0, 0.05) is 24.1 Å². The Hall–Kier alpha value is -1.90. The Bertz CT molecular complexity index is 912. The first-order valence-corrected chi connectivity index (χ1v) is 14.2. The van der Waals surface area contributed by atoms with Crippen molar-refractivity contribution in [2.45, 2.75) is 84.3 Å². The Kier molecular flexibility index (Phi) is 8.18. The molecule has 1 aromatic heterocycles. The average Bonchev–Trinajstić information content (AvgIpc) is 3.05. The molecule has 32 heavy (non-hydrogen) atoms. The van der Waals surface area contributed by atoms with Gasteiger partial charge in [0.1, 0.15) is 6.10 Å². The van der Waals surface area contributed by atoms with E-state index >= 15 is 0 Å². The van der Waals surface area contributed by atoms with Crippen molar-refractivity contribution < 1.29 is 19.1 Å². The van der Waals surface area contributed by atoms with Crippen LogP contribution in [-0.4, -0.2) is 60.0 Å².